The van der Waals surface area contributed by atoms with E-state index in [2.05, 4.69) is 22.5 Å². The fraction of sp³-hybridized carbons (Fsp3) is 0.273. The highest BCUT2D eigenvalue weighted by atomic mass is 79.9. The Kier molecular flexibility index (Phi) is 4.29. The summed E-state index contributed by atoms with van der Waals surface area (Å²) in [5.74, 6) is -0.333. The lowest BCUT2D eigenvalue weighted by molar-refractivity contribution is 0.167. The molecule has 1 aromatic carbocycles. The van der Waals surface area contributed by atoms with E-state index in [1.54, 1.807) is 12.1 Å². The van der Waals surface area contributed by atoms with E-state index in [0.717, 1.165) is 4.47 Å². The Balaban J connectivity index is 2.82. The van der Waals surface area contributed by atoms with Crippen LogP contribution in [0.25, 0.3) is 0 Å². The molecule has 0 aromatic heterocycles. The molecule has 0 aliphatic rings. The second kappa shape index (κ2) is 5.27. The molecule has 3 heteroatoms. The van der Waals surface area contributed by atoms with Crippen molar-refractivity contribution >= 4 is 15.9 Å². The highest BCUT2D eigenvalue weighted by Gasteiger charge is 2.11. The molecule has 0 saturated heterocycles. The van der Waals surface area contributed by atoms with Gasteiger partial charge in [-0.3, -0.25) is 0 Å². The smallest absolute Gasteiger partial charge is 0.123 e. The van der Waals surface area contributed by atoms with Crippen molar-refractivity contribution in [3.8, 4) is 0 Å². The van der Waals surface area contributed by atoms with Gasteiger partial charge >= 0.3 is 0 Å². The molecule has 0 fully saturated rings. The predicted octanol–water partition coefficient (Wildman–Crippen LogP) is 3.59. The lowest BCUT2D eigenvalue weighted by Crippen LogP contribution is -1.98. The minimum absolute atomic E-state index is 0.333. The summed E-state index contributed by atoms with van der Waals surface area (Å²) < 4.78 is 13.6. The number of halogens is 2. The van der Waals surface area contributed by atoms with E-state index < -0.39 is 6.10 Å². The Hall–Kier alpha value is -0.670. The van der Waals surface area contributed by atoms with Crippen LogP contribution in [0.3, 0.4) is 0 Å². The van der Waals surface area contributed by atoms with Crippen LogP contribution in [0.15, 0.2) is 35.3 Å². The molecule has 76 valence electrons. The third kappa shape index (κ3) is 2.93. The summed E-state index contributed by atoms with van der Waals surface area (Å²) in [7, 11) is 0. The first-order valence-electron chi connectivity index (χ1n) is 4.39. The van der Waals surface area contributed by atoms with Gasteiger partial charge in [-0.1, -0.05) is 22.0 Å². The van der Waals surface area contributed by atoms with Gasteiger partial charge < -0.3 is 5.11 Å². The molecule has 1 aromatic rings. The first-order valence-corrected chi connectivity index (χ1v) is 5.18. The molecule has 1 unspecified atom stereocenters. The van der Waals surface area contributed by atoms with Crippen LogP contribution in [0, 0.1) is 5.82 Å². The van der Waals surface area contributed by atoms with Crippen molar-refractivity contribution in [2.75, 3.05) is 0 Å². The molecule has 1 N–H and O–H groups in total. The molecule has 0 saturated carbocycles. The van der Waals surface area contributed by atoms with Crippen molar-refractivity contribution in [3.05, 3.63) is 46.7 Å². The van der Waals surface area contributed by atoms with E-state index in [4.69, 9.17) is 0 Å². The molecule has 0 aliphatic carbocycles. The minimum Gasteiger partial charge on any atom is -0.388 e. The molecule has 0 heterocycles. The van der Waals surface area contributed by atoms with Crippen LogP contribution in [0.5, 0.6) is 0 Å². The largest absolute Gasteiger partial charge is 0.388 e. The molecule has 1 rings (SSSR count). The van der Waals surface area contributed by atoms with E-state index >= 15 is 0 Å². The van der Waals surface area contributed by atoms with Crippen LogP contribution in [-0.4, -0.2) is 5.11 Å². The third-order valence-corrected chi connectivity index (χ3v) is 2.68. The maximum atomic E-state index is 12.9. The summed E-state index contributed by atoms with van der Waals surface area (Å²) in [6.07, 6.45) is 2.37. The molecule has 1 atom stereocenters. The van der Waals surface area contributed by atoms with E-state index in [0.29, 0.717) is 18.4 Å². The van der Waals surface area contributed by atoms with Gasteiger partial charge in [0.2, 0.25) is 0 Å². The average molecular weight is 259 g/mol. The van der Waals surface area contributed by atoms with Gasteiger partial charge in [-0.25, -0.2) is 4.39 Å². The predicted molar refractivity (Wildman–Crippen MR) is 58.5 cm³/mol. The van der Waals surface area contributed by atoms with Crippen LogP contribution < -0.4 is 0 Å². The average Bonchev–Trinajstić information content (AvgIpc) is 2.18. The summed E-state index contributed by atoms with van der Waals surface area (Å²) in [6, 6.07) is 4.30. The highest BCUT2D eigenvalue weighted by molar-refractivity contribution is 9.10. The maximum Gasteiger partial charge on any atom is 0.123 e. The van der Waals surface area contributed by atoms with Crippen molar-refractivity contribution in [3.63, 3.8) is 0 Å². The Morgan fingerprint density at radius 3 is 2.93 bits per heavy atom. The molecular formula is C11H12BrFO. The minimum atomic E-state index is -0.641. The van der Waals surface area contributed by atoms with Gasteiger partial charge in [0.05, 0.1) is 6.10 Å². The van der Waals surface area contributed by atoms with Crippen molar-refractivity contribution in [1.82, 2.24) is 0 Å². The van der Waals surface area contributed by atoms with E-state index in [9.17, 15) is 9.50 Å². The Morgan fingerprint density at radius 2 is 2.29 bits per heavy atom. The SMILES string of the molecule is C=CCCC(O)c1cc(F)ccc1Br. The molecule has 0 bridgehead atoms. The fourth-order valence-electron chi connectivity index (χ4n) is 1.20. The summed E-state index contributed by atoms with van der Waals surface area (Å²) in [5, 5.41) is 9.71. The fourth-order valence-corrected chi connectivity index (χ4v) is 1.71. The Labute approximate surface area is 91.4 Å². The lowest BCUT2D eigenvalue weighted by atomic mass is 10.1. The van der Waals surface area contributed by atoms with Gasteiger partial charge in [0.25, 0.3) is 0 Å². The van der Waals surface area contributed by atoms with Gasteiger partial charge in [-0.2, -0.15) is 0 Å². The summed E-state index contributed by atoms with van der Waals surface area (Å²) in [5.41, 5.74) is 0.590. The number of aliphatic hydroxyl groups is 1. The molecule has 0 spiro atoms. The zero-order chi connectivity index (χ0) is 10.6. The second-order valence-corrected chi connectivity index (χ2v) is 3.90. The van der Waals surface area contributed by atoms with Crippen LogP contribution in [-0.2, 0) is 0 Å². The standard InChI is InChI=1S/C11H12BrFO/c1-2-3-4-11(14)9-7-8(13)5-6-10(9)12/h2,5-7,11,14H,1,3-4H2. The Bertz CT molecular complexity index is 325. The van der Waals surface area contributed by atoms with E-state index in [1.165, 1.54) is 12.1 Å². The van der Waals surface area contributed by atoms with Crippen molar-refractivity contribution in [2.45, 2.75) is 18.9 Å². The van der Waals surface area contributed by atoms with Crippen LogP contribution in [0.4, 0.5) is 4.39 Å². The number of rotatable bonds is 4. The monoisotopic (exact) mass is 258 g/mol. The van der Waals surface area contributed by atoms with Gasteiger partial charge in [0.15, 0.2) is 0 Å². The van der Waals surface area contributed by atoms with Crippen LogP contribution in [0.1, 0.15) is 24.5 Å². The summed E-state index contributed by atoms with van der Waals surface area (Å²) >= 11 is 3.27. The molecule has 0 aliphatic heterocycles. The van der Waals surface area contributed by atoms with Crippen LogP contribution in [0.2, 0.25) is 0 Å². The van der Waals surface area contributed by atoms with E-state index in [1.807, 2.05) is 0 Å². The number of allylic oxidation sites excluding steroid dienone is 1. The number of benzene rings is 1. The Morgan fingerprint density at radius 1 is 1.57 bits per heavy atom. The van der Waals surface area contributed by atoms with Crippen molar-refractivity contribution in [2.24, 2.45) is 0 Å². The van der Waals surface area contributed by atoms with Gasteiger partial charge in [0, 0.05) is 4.47 Å². The van der Waals surface area contributed by atoms with Crippen LogP contribution >= 0.6 is 15.9 Å². The third-order valence-electron chi connectivity index (χ3n) is 1.96. The van der Waals surface area contributed by atoms with E-state index in [-0.39, 0.29) is 5.82 Å². The zero-order valence-electron chi connectivity index (χ0n) is 7.71. The highest BCUT2D eigenvalue weighted by Crippen LogP contribution is 2.27. The van der Waals surface area contributed by atoms with Crippen molar-refractivity contribution in [1.29, 1.82) is 0 Å². The normalized spacial score (nSPS) is 12.5. The van der Waals surface area contributed by atoms with Gasteiger partial charge in [-0.15, -0.1) is 6.58 Å². The first-order chi connectivity index (χ1) is 6.65. The van der Waals surface area contributed by atoms with Gasteiger partial charge in [0.1, 0.15) is 5.82 Å². The second-order valence-electron chi connectivity index (χ2n) is 3.05. The molecule has 1 nitrogen and oxygen atoms in total. The molecule has 14 heavy (non-hydrogen) atoms. The summed E-state index contributed by atoms with van der Waals surface area (Å²) in [6.45, 7) is 3.57. The quantitative estimate of drug-likeness (QED) is 0.819. The number of hydrogen-bond donors (Lipinski definition) is 1. The first kappa shape index (κ1) is 11.4. The topological polar surface area (TPSA) is 20.2 Å². The maximum absolute atomic E-state index is 12.9. The molecule has 0 radical (unpaired) electrons. The lowest BCUT2D eigenvalue weighted by Gasteiger charge is -2.11. The van der Waals surface area contributed by atoms with Gasteiger partial charge in [-0.05, 0) is 36.6 Å². The molecular weight excluding hydrogens is 247 g/mol. The summed E-state index contributed by atoms with van der Waals surface area (Å²) in [4.78, 5) is 0. The molecule has 0 amide bonds. The van der Waals surface area contributed by atoms with Crippen molar-refractivity contribution < 1.29 is 9.50 Å². The zero-order valence-corrected chi connectivity index (χ0v) is 9.30. The number of hydrogen-bond acceptors (Lipinski definition) is 1. The number of aliphatic hydroxyl groups excluding tert-OH is 1.